The fourth-order valence-corrected chi connectivity index (χ4v) is 7.53. The standard InChI is InChI=1S/C30H32FN5O5S/c1-19-28-24(30(37)35-13-11-34(12-14-35)22-7-5-21(31)6-8-22)17-25(20-4-9-26(40-2)27(16-20)41-3)32-29(28)36(33-19)23-10-15-42(38,39)18-23/h4-9,16-17,23H,10-15,18H2,1-3H3. The molecule has 2 aliphatic rings. The van der Waals surface area contributed by atoms with Crippen molar-refractivity contribution in [1.29, 1.82) is 0 Å². The molecular formula is C30H32FN5O5S. The van der Waals surface area contributed by atoms with Crippen LogP contribution in [0.3, 0.4) is 0 Å². The number of ether oxygens (including phenoxy) is 2. The molecule has 220 valence electrons. The summed E-state index contributed by atoms with van der Waals surface area (Å²) in [5.41, 5.74) is 3.73. The smallest absolute Gasteiger partial charge is 0.254 e. The molecule has 4 aromatic rings. The number of amides is 1. The van der Waals surface area contributed by atoms with Crippen LogP contribution in [0.5, 0.6) is 11.5 Å². The molecule has 2 fully saturated rings. The average molecular weight is 594 g/mol. The molecule has 12 heteroatoms. The van der Waals surface area contributed by atoms with Gasteiger partial charge in [-0.05, 0) is 61.9 Å². The zero-order chi connectivity index (χ0) is 29.6. The number of carbonyl (C=O) groups excluding carboxylic acids is 1. The van der Waals surface area contributed by atoms with Gasteiger partial charge in [0.1, 0.15) is 5.82 Å². The highest BCUT2D eigenvalue weighted by atomic mass is 32.2. The highest BCUT2D eigenvalue weighted by Crippen LogP contribution is 2.36. The van der Waals surface area contributed by atoms with Crippen LogP contribution in [-0.2, 0) is 9.84 Å². The van der Waals surface area contributed by atoms with Crippen LogP contribution in [0, 0.1) is 12.7 Å². The molecule has 1 atom stereocenters. The molecule has 42 heavy (non-hydrogen) atoms. The van der Waals surface area contributed by atoms with Crippen molar-refractivity contribution < 1.29 is 27.1 Å². The normalized spacial score (nSPS) is 18.4. The van der Waals surface area contributed by atoms with Crippen molar-refractivity contribution in [2.45, 2.75) is 19.4 Å². The van der Waals surface area contributed by atoms with Gasteiger partial charge >= 0.3 is 0 Å². The second-order valence-electron chi connectivity index (χ2n) is 10.7. The first-order valence-corrected chi connectivity index (χ1v) is 15.6. The van der Waals surface area contributed by atoms with Gasteiger partial charge in [-0.2, -0.15) is 5.10 Å². The minimum absolute atomic E-state index is 0.0138. The summed E-state index contributed by atoms with van der Waals surface area (Å²) in [5, 5.41) is 5.34. The van der Waals surface area contributed by atoms with Crippen LogP contribution in [0.1, 0.15) is 28.5 Å². The van der Waals surface area contributed by atoms with Crippen molar-refractivity contribution in [3.63, 3.8) is 0 Å². The van der Waals surface area contributed by atoms with Gasteiger partial charge in [-0.15, -0.1) is 0 Å². The maximum Gasteiger partial charge on any atom is 0.254 e. The number of aromatic nitrogens is 3. The Bertz CT molecular complexity index is 1770. The molecule has 2 aromatic carbocycles. The van der Waals surface area contributed by atoms with Crippen LogP contribution in [0.15, 0.2) is 48.5 Å². The Morgan fingerprint density at radius 3 is 2.33 bits per heavy atom. The molecule has 2 aromatic heterocycles. The second kappa shape index (κ2) is 10.9. The molecule has 2 saturated heterocycles. The minimum Gasteiger partial charge on any atom is -0.493 e. The summed E-state index contributed by atoms with van der Waals surface area (Å²) in [5.74, 6) is 0.732. The van der Waals surface area contributed by atoms with Gasteiger partial charge in [0.25, 0.3) is 5.91 Å². The van der Waals surface area contributed by atoms with Crippen LogP contribution in [0.2, 0.25) is 0 Å². The lowest BCUT2D eigenvalue weighted by molar-refractivity contribution is 0.0748. The van der Waals surface area contributed by atoms with Crippen LogP contribution in [0.4, 0.5) is 10.1 Å². The Morgan fingerprint density at radius 2 is 1.69 bits per heavy atom. The van der Waals surface area contributed by atoms with Crippen molar-refractivity contribution in [2.75, 3.05) is 56.8 Å². The maximum absolute atomic E-state index is 14.1. The van der Waals surface area contributed by atoms with Gasteiger partial charge in [0.05, 0.1) is 54.1 Å². The molecule has 1 amide bonds. The summed E-state index contributed by atoms with van der Waals surface area (Å²) in [6.45, 7) is 4.00. The Morgan fingerprint density at radius 1 is 0.976 bits per heavy atom. The fourth-order valence-electron chi connectivity index (χ4n) is 5.84. The zero-order valence-electron chi connectivity index (χ0n) is 23.7. The van der Waals surface area contributed by atoms with E-state index < -0.39 is 9.84 Å². The van der Waals surface area contributed by atoms with Gasteiger partial charge < -0.3 is 19.3 Å². The Kier molecular flexibility index (Phi) is 7.25. The number of nitrogens with zero attached hydrogens (tertiary/aromatic N) is 5. The van der Waals surface area contributed by atoms with Crippen LogP contribution >= 0.6 is 0 Å². The molecule has 0 bridgehead atoms. The highest BCUT2D eigenvalue weighted by Gasteiger charge is 2.33. The first-order chi connectivity index (χ1) is 20.2. The molecule has 10 nitrogen and oxygen atoms in total. The number of hydrogen-bond acceptors (Lipinski definition) is 8. The molecule has 0 aliphatic carbocycles. The number of sulfone groups is 1. The number of carbonyl (C=O) groups is 1. The zero-order valence-corrected chi connectivity index (χ0v) is 24.5. The van der Waals surface area contributed by atoms with Crippen molar-refractivity contribution >= 4 is 32.5 Å². The summed E-state index contributed by atoms with van der Waals surface area (Å²) >= 11 is 0. The number of aryl methyl sites for hydroxylation is 1. The molecular weight excluding hydrogens is 561 g/mol. The number of benzene rings is 2. The van der Waals surface area contributed by atoms with E-state index in [1.807, 2.05) is 17.9 Å². The number of methoxy groups -OCH3 is 2. The monoisotopic (exact) mass is 593 g/mol. The molecule has 4 heterocycles. The third-order valence-electron chi connectivity index (χ3n) is 8.06. The summed E-state index contributed by atoms with van der Waals surface area (Å²) in [6, 6.07) is 13.2. The van der Waals surface area contributed by atoms with E-state index in [1.54, 1.807) is 49.2 Å². The highest BCUT2D eigenvalue weighted by molar-refractivity contribution is 7.91. The number of piperazine rings is 1. The van der Waals surface area contributed by atoms with E-state index in [4.69, 9.17) is 19.6 Å². The van der Waals surface area contributed by atoms with Crippen LogP contribution < -0.4 is 14.4 Å². The van der Waals surface area contributed by atoms with Crippen molar-refractivity contribution in [3.05, 3.63) is 65.6 Å². The van der Waals surface area contributed by atoms with E-state index in [-0.39, 0.29) is 29.3 Å². The number of halogens is 1. The summed E-state index contributed by atoms with van der Waals surface area (Å²) in [6.07, 6.45) is 0.440. The lowest BCUT2D eigenvalue weighted by Crippen LogP contribution is -2.48. The van der Waals surface area contributed by atoms with Gasteiger partial charge in [0, 0.05) is 37.4 Å². The summed E-state index contributed by atoms with van der Waals surface area (Å²) < 4.78 is 50.7. The van der Waals surface area contributed by atoms with E-state index in [9.17, 15) is 17.6 Å². The number of rotatable bonds is 6. The maximum atomic E-state index is 14.1. The van der Waals surface area contributed by atoms with E-state index in [0.29, 0.717) is 77.6 Å². The topological polar surface area (TPSA) is 107 Å². The largest absolute Gasteiger partial charge is 0.493 e. The molecule has 0 saturated carbocycles. The van der Waals surface area contributed by atoms with Gasteiger partial charge in [0.15, 0.2) is 27.0 Å². The van der Waals surface area contributed by atoms with E-state index in [0.717, 1.165) is 5.69 Å². The molecule has 0 radical (unpaired) electrons. The molecule has 1 unspecified atom stereocenters. The second-order valence-corrected chi connectivity index (χ2v) is 12.9. The molecule has 2 aliphatic heterocycles. The first-order valence-electron chi connectivity index (χ1n) is 13.8. The van der Waals surface area contributed by atoms with Gasteiger partial charge in [-0.3, -0.25) is 4.79 Å². The number of hydrogen-bond donors (Lipinski definition) is 0. The van der Waals surface area contributed by atoms with Crippen molar-refractivity contribution in [3.8, 4) is 22.8 Å². The lowest BCUT2D eigenvalue weighted by Gasteiger charge is -2.36. The van der Waals surface area contributed by atoms with Crippen molar-refractivity contribution in [1.82, 2.24) is 19.7 Å². The molecule has 0 N–H and O–H groups in total. The van der Waals surface area contributed by atoms with Gasteiger partial charge in [-0.1, -0.05) is 0 Å². The predicted octanol–water partition coefficient (Wildman–Crippen LogP) is 3.89. The third-order valence-corrected chi connectivity index (χ3v) is 9.81. The number of fused-ring (bicyclic) bond motifs is 1. The van der Waals surface area contributed by atoms with Crippen molar-refractivity contribution in [2.24, 2.45) is 0 Å². The van der Waals surface area contributed by atoms with E-state index in [2.05, 4.69) is 4.90 Å². The Hall–Kier alpha value is -4.19. The molecule has 6 rings (SSSR count). The Balaban J connectivity index is 1.40. The third kappa shape index (κ3) is 5.15. The van der Waals surface area contributed by atoms with Crippen LogP contribution in [-0.4, -0.2) is 85.9 Å². The Labute approximate surface area is 243 Å². The summed E-state index contributed by atoms with van der Waals surface area (Å²) in [7, 11) is -0.0616. The number of pyridine rings is 1. The van der Waals surface area contributed by atoms with E-state index >= 15 is 0 Å². The lowest BCUT2D eigenvalue weighted by atomic mass is 10.0. The minimum atomic E-state index is -3.18. The SMILES string of the molecule is COc1ccc(-c2cc(C(=O)N3CCN(c4ccc(F)cc4)CC3)c3c(C)nn(C4CCS(=O)(=O)C4)c3n2)cc1OC. The van der Waals surface area contributed by atoms with E-state index in [1.165, 1.54) is 12.1 Å². The van der Waals surface area contributed by atoms with Gasteiger partial charge in [0.2, 0.25) is 0 Å². The molecule has 0 spiro atoms. The average Bonchev–Trinajstić information content (AvgIpc) is 3.54. The first kappa shape index (κ1) is 28.0. The van der Waals surface area contributed by atoms with Crippen LogP contribution in [0.25, 0.3) is 22.3 Å². The number of anilines is 1. The fraction of sp³-hybridized carbons (Fsp3) is 0.367. The summed E-state index contributed by atoms with van der Waals surface area (Å²) in [4.78, 5) is 23.0. The van der Waals surface area contributed by atoms with Gasteiger partial charge in [-0.25, -0.2) is 22.5 Å². The quantitative estimate of drug-likeness (QED) is 0.332. The predicted molar refractivity (Wildman–Crippen MR) is 158 cm³/mol.